The van der Waals surface area contributed by atoms with E-state index in [1.165, 1.54) is 4.90 Å². The average molecular weight is 417 g/mol. The van der Waals surface area contributed by atoms with Gasteiger partial charge in [-0.25, -0.2) is 9.52 Å². The number of likely N-dealkylation sites (tertiary alicyclic amines) is 1. The Morgan fingerprint density at radius 3 is 2.43 bits per heavy atom. The summed E-state index contributed by atoms with van der Waals surface area (Å²) in [5, 5.41) is 2.20. The van der Waals surface area contributed by atoms with Gasteiger partial charge in [0.25, 0.3) is 0 Å². The Labute approximate surface area is 170 Å². The lowest BCUT2D eigenvalue weighted by Gasteiger charge is -2.28. The first-order valence-electron chi connectivity index (χ1n) is 9.42. The van der Waals surface area contributed by atoms with E-state index in [0.717, 1.165) is 11.9 Å². The van der Waals surface area contributed by atoms with Gasteiger partial charge in [-0.1, -0.05) is 13.8 Å². The molecular formula is C18H32N4O5S. The maximum Gasteiger partial charge on any atom is 0.410 e. The molecule has 0 aromatic carbocycles. The summed E-state index contributed by atoms with van der Waals surface area (Å²) in [6, 6.07) is -1.26. The number of carbonyl (C=O) groups excluding carboxylic acids is 4. The Morgan fingerprint density at radius 1 is 1.25 bits per heavy atom. The Balaban J connectivity index is 2.68. The molecule has 9 nitrogen and oxygen atoms in total. The predicted molar refractivity (Wildman–Crippen MR) is 107 cm³/mol. The number of nitrogens with one attached hydrogen (secondary N) is 2. The van der Waals surface area contributed by atoms with Gasteiger partial charge in [0.2, 0.25) is 16.9 Å². The molecule has 1 rings (SSSR count). The lowest BCUT2D eigenvalue weighted by molar-refractivity contribution is -0.126. The van der Waals surface area contributed by atoms with Gasteiger partial charge in [0, 0.05) is 6.54 Å². The molecule has 0 aromatic heterocycles. The fraction of sp³-hybridized carbons (Fsp3) is 0.778. The van der Waals surface area contributed by atoms with Gasteiger partial charge in [-0.05, 0) is 57.9 Å². The van der Waals surface area contributed by atoms with Crippen LogP contribution in [0.5, 0.6) is 0 Å². The highest BCUT2D eigenvalue weighted by Crippen LogP contribution is 2.24. The number of nitrogens with two attached hydrogens (primary N) is 1. The minimum atomic E-state index is -0.662. The first-order chi connectivity index (χ1) is 12.9. The fourth-order valence-electron chi connectivity index (χ4n) is 2.73. The summed E-state index contributed by atoms with van der Waals surface area (Å²) in [4.78, 5) is 49.5. The molecule has 10 heteroatoms. The van der Waals surface area contributed by atoms with Crippen LogP contribution >= 0.6 is 11.9 Å². The molecule has 4 N–H and O–H groups in total. The molecule has 1 fully saturated rings. The van der Waals surface area contributed by atoms with Crippen LogP contribution < -0.4 is 15.8 Å². The first-order valence-corrected chi connectivity index (χ1v) is 10.2. The van der Waals surface area contributed by atoms with Crippen molar-refractivity contribution in [2.75, 3.05) is 13.1 Å². The molecule has 1 aliphatic rings. The van der Waals surface area contributed by atoms with E-state index in [1.807, 2.05) is 13.8 Å². The highest BCUT2D eigenvalue weighted by atomic mass is 32.2. The number of carbonyl (C=O) groups is 4. The Hall–Kier alpha value is -1.81. The highest BCUT2D eigenvalue weighted by molar-refractivity contribution is 8.12. The molecule has 1 aliphatic heterocycles. The molecule has 160 valence electrons. The van der Waals surface area contributed by atoms with Crippen LogP contribution in [0.25, 0.3) is 0 Å². The Morgan fingerprint density at radius 2 is 1.89 bits per heavy atom. The van der Waals surface area contributed by atoms with E-state index in [1.54, 1.807) is 20.8 Å². The number of nitrogens with zero attached hydrogens (tertiary/aromatic N) is 1. The van der Waals surface area contributed by atoms with Gasteiger partial charge in [0.05, 0.1) is 12.6 Å². The largest absolute Gasteiger partial charge is 0.444 e. The van der Waals surface area contributed by atoms with Gasteiger partial charge in [-0.2, -0.15) is 0 Å². The van der Waals surface area contributed by atoms with E-state index >= 15 is 0 Å². The second kappa shape index (κ2) is 10.7. The number of primary amides is 1. The van der Waals surface area contributed by atoms with Crippen molar-refractivity contribution in [1.29, 1.82) is 0 Å². The molecule has 0 radical (unpaired) electrons. The van der Waals surface area contributed by atoms with E-state index in [-0.39, 0.29) is 17.6 Å². The molecular weight excluding hydrogens is 384 g/mol. The molecule has 0 aliphatic carbocycles. The second-order valence-corrected chi connectivity index (χ2v) is 9.08. The van der Waals surface area contributed by atoms with Gasteiger partial charge in [-0.15, -0.1) is 0 Å². The van der Waals surface area contributed by atoms with E-state index in [2.05, 4.69) is 10.0 Å². The van der Waals surface area contributed by atoms with Crippen LogP contribution in [0.1, 0.15) is 53.9 Å². The van der Waals surface area contributed by atoms with Crippen molar-refractivity contribution < 1.29 is 23.9 Å². The van der Waals surface area contributed by atoms with Crippen molar-refractivity contribution in [1.82, 2.24) is 14.9 Å². The normalized spacial score (nSPS) is 18.1. The van der Waals surface area contributed by atoms with Gasteiger partial charge >= 0.3 is 6.09 Å². The van der Waals surface area contributed by atoms with Crippen LogP contribution in [0.2, 0.25) is 0 Å². The Kier molecular flexibility index (Phi) is 9.22. The van der Waals surface area contributed by atoms with E-state index in [0.29, 0.717) is 25.8 Å². The van der Waals surface area contributed by atoms with Crippen molar-refractivity contribution >= 4 is 35.0 Å². The molecule has 3 amide bonds. The van der Waals surface area contributed by atoms with E-state index in [4.69, 9.17) is 10.5 Å². The van der Waals surface area contributed by atoms with E-state index in [9.17, 15) is 19.2 Å². The van der Waals surface area contributed by atoms with Crippen LogP contribution in [-0.2, 0) is 19.1 Å². The number of hydrogen-bond donors (Lipinski definition) is 3. The highest BCUT2D eigenvalue weighted by Gasteiger charge is 2.37. The summed E-state index contributed by atoms with van der Waals surface area (Å²) >= 11 is 0.810. The Bertz CT molecular complexity index is 591. The van der Waals surface area contributed by atoms with Crippen LogP contribution in [0.4, 0.5) is 4.79 Å². The monoisotopic (exact) mass is 416 g/mol. The molecule has 28 heavy (non-hydrogen) atoms. The van der Waals surface area contributed by atoms with Gasteiger partial charge < -0.3 is 15.8 Å². The number of amides is 3. The lowest BCUT2D eigenvalue weighted by Crippen LogP contribution is -2.47. The van der Waals surface area contributed by atoms with Crippen molar-refractivity contribution in [3.63, 3.8) is 0 Å². The molecule has 0 saturated carbocycles. The fourth-order valence-corrected chi connectivity index (χ4v) is 3.57. The first kappa shape index (κ1) is 24.2. The third-order valence-corrected chi connectivity index (χ3v) is 4.79. The molecule has 2 unspecified atom stereocenters. The summed E-state index contributed by atoms with van der Waals surface area (Å²) in [7, 11) is 0. The summed E-state index contributed by atoms with van der Waals surface area (Å²) in [5.74, 6) is -0.847. The maximum absolute atomic E-state index is 12.6. The van der Waals surface area contributed by atoms with Crippen molar-refractivity contribution in [3.05, 3.63) is 0 Å². The average Bonchev–Trinajstić information content (AvgIpc) is 3.04. The smallest absolute Gasteiger partial charge is 0.410 e. The zero-order chi connectivity index (χ0) is 21.5. The quantitative estimate of drug-likeness (QED) is 0.506. The summed E-state index contributed by atoms with van der Waals surface area (Å²) in [5.41, 5.74) is 4.41. The summed E-state index contributed by atoms with van der Waals surface area (Å²) in [6.07, 6.45) is 1.23. The zero-order valence-corrected chi connectivity index (χ0v) is 18.1. The topological polar surface area (TPSA) is 131 Å². The van der Waals surface area contributed by atoms with Crippen LogP contribution in [0.3, 0.4) is 0 Å². The number of rotatable bonds is 8. The van der Waals surface area contributed by atoms with Gasteiger partial charge in [-0.3, -0.25) is 19.3 Å². The van der Waals surface area contributed by atoms with Gasteiger partial charge in [0.15, 0.2) is 0 Å². The summed E-state index contributed by atoms with van der Waals surface area (Å²) < 4.78 is 8.25. The van der Waals surface area contributed by atoms with Gasteiger partial charge in [0.1, 0.15) is 11.6 Å². The third kappa shape index (κ3) is 8.47. The van der Waals surface area contributed by atoms with Crippen LogP contribution in [-0.4, -0.2) is 58.7 Å². The van der Waals surface area contributed by atoms with Crippen molar-refractivity contribution in [2.24, 2.45) is 11.7 Å². The SMILES string of the molecule is CC(C)CC(NSC(=O)C1CCCN1C(=O)OC(C)(C)C)C(=O)NCC(N)=O. The number of ether oxygens (including phenoxy) is 1. The van der Waals surface area contributed by atoms with Crippen LogP contribution in [0, 0.1) is 5.92 Å². The minimum absolute atomic E-state index is 0.192. The lowest BCUT2D eigenvalue weighted by atomic mass is 10.0. The van der Waals surface area contributed by atoms with Crippen molar-refractivity contribution in [2.45, 2.75) is 71.6 Å². The van der Waals surface area contributed by atoms with Crippen molar-refractivity contribution in [3.8, 4) is 0 Å². The molecule has 0 spiro atoms. The third-order valence-electron chi connectivity index (χ3n) is 3.92. The zero-order valence-electron chi connectivity index (χ0n) is 17.2. The molecule has 1 heterocycles. The predicted octanol–water partition coefficient (Wildman–Crippen LogP) is 1.17. The minimum Gasteiger partial charge on any atom is -0.444 e. The molecule has 0 aromatic rings. The molecule has 2 atom stereocenters. The maximum atomic E-state index is 12.6. The molecule has 0 bridgehead atoms. The van der Waals surface area contributed by atoms with E-state index < -0.39 is 35.6 Å². The second-order valence-electron chi connectivity index (χ2n) is 8.24. The molecule has 1 saturated heterocycles. The number of hydrogen-bond acceptors (Lipinski definition) is 7. The summed E-state index contributed by atoms with van der Waals surface area (Å²) in [6.45, 7) is 9.41. The van der Waals surface area contributed by atoms with Crippen LogP contribution in [0.15, 0.2) is 0 Å². The standard InChI is InChI=1S/C18H32N4O5S/c1-11(2)9-12(15(24)20-10-14(19)23)21-28-16(25)13-7-6-8-22(13)17(26)27-18(3,4)5/h11-13,21H,6-10H2,1-5H3,(H2,19,23)(H,20,24).